The predicted octanol–water partition coefficient (Wildman–Crippen LogP) is 1.42. The molecular weight excluding hydrogens is 252 g/mol. The van der Waals surface area contributed by atoms with Gasteiger partial charge in [-0.1, -0.05) is 13.8 Å². The maximum absolute atomic E-state index is 11.7. The van der Waals surface area contributed by atoms with Gasteiger partial charge in [0, 0.05) is 26.2 Å². The first-order chi connectivity index (χ1) is 9.65. The Morgan fingerprint density at radius 3 is 2.70 bits per heavy atom. The van der Waals surface area contributed by atoms with Gasteiger partial charge < -0.3 is 15.1 Å². The lowest BCUT2D eigenvalue weighted by Gasteiger charge is -2.33. The molecular formula is C15H24N4O. The van der Waals surface area contributed by atoms with Crippen molar-refractivity contribution in [2.24, 2.45) is 0 Å². The topological polar surface area (TPSA) is 48.5 Å². The zero-order valence-electron chi connectivity index (χ0n) is 12.6. The van der Waals surface area contributed by atoms with Crippen molar-refractivity contribution in [1.29, 1.82) is 0 Å². The van der Waals surface area contributed by atoms with Crippen LogP contribution in [0.5, 0.6) is 0 Å². The Morgan fingerprint density at radius 2 is 2.15 bits per heavy atom. The van der Waals surface area contributed by atoms with Crippen LogP contribution < -0.4 is 10.2 Å². The van der Waals surface area contributed by atoms with Gasteiger partial charge in [0.05, 0.1) is 24.1 Å². The zero-order valence-corrected chi connectivity index (χ0v) is 12.6. The third-order valence-corrected chi connectivity index (χ3v) is 3.81. The van der Waals surface area contributed by atoms with Crippen LogP contribution in [-0.2, 0) is 4.79 Å². The first-order valence-corrected chi connectivity index (χ1v) is 7.34. The van der Waals surface area contributed by atoms with Gasteiger partial charge in [-0.25, -0.2) is 0 Å². The molecule has 0 aromatic carbocycles. The number of carbonyl (C=O) groups is 1. The summed E-state index contributed by atoms with van der Waals surface area (Å²) in [5.74, 6) is 0.166. The van der Waals surface area contributed by atoms with E-state index in [1.54, 1.807) is 4.90 Å². The molecule has 20 heavy (non-hydrogen) atoms. The number of hydrogen-bond acceptors (Lipinski definition) is 4. The van der Waals surface area contributed by atoms with Gasteiger partial charge in [0.25, 0.3) is 0 Å². The van der Waals surface area contributed by atoms with Crippen molar-refractivity contribution in [2.75, 3.05) is 38.1 Å². The lowest BCUT2D eigenvalue weighted by molar-refractivity contribution is -0.129. The minimum absolute atomic E-state index is 0.166. The van der Waals surface area contributed by atoms with Crippen molar-refractivity contribution in [3.8, 4) is 0 Å². The fraction of sp³-hybridized carbons (Fsp3) is 0.600. The molecule has 0 spiro atoms. The number of rotatable bonds is 5. The van der Waals surface area contributed by atoms with E-state index in [0.29, 0.717) is 12.6 Å². The number of nitrogens with one attached hydrogen (secondary N) is 1. The highest BCUT2D eigenvalue weighted by molar-refractivity contribution is 5.82. The quantitative estimate of drug-likeness (QED) is 0.883. The van der Waals surface area contributed by atoms with Gasteiger partial charge in [0.15, 0.2) is 0 Å². The van der Waals surface area contributed by atoms with Crippen molar-refractivity contribution in [1.82, 2.24) is 15.2 Å². The molecule has 1 fully saturated rings. The average molecular weight is 276 g/mol. The first kappa shape index (κ1) is 14.8. The zero-order chi connectivity index (χ0) is 14.5. The molecule has 1 amide bonds. The van der Waals surface area contributed by atoms with Crippen molar-refractivity contribution in [3.63, 3.8) is 0 Å². The number of likely N-dealkylation sites (N-methyl/N-ethyl adjacent to an activating group) is 1. The van der Waals surface area contributed by atoms with Gasteiger partial charge in [0.1, 0.15) is 0 Å². The maximum atomic E-state index is 11.7. The summed E-state index contributed by atoms with van der Waals surface area (Å²) in [5, 5.41) is 3.42. The molecule has 1 aliphatic heterocycles. The predicted molar refractivity (Wildman–Crippen MR) is 80.8 cm³/mol. The lowest BCUT2D eigenvalue weighted by atomic mass is 10.1. The summed E-state index contributed by atoms with van der Waals surface area (Å²) >= 11 is 0. The number of piperazine rings is 1. The minimum Gasteiger partial charge on any atom is -0.359 e. The molecule has 2 heterocycles. The number of hydrogen-bond donors (Lipinski definition) is 1. The van der Waals surface area contributed by atoms with Gasteiger partial charge >= 0.3 is 0 Å². The Hall–Kier alpha value is -1.62. The second-order valence-corrected chi connectivity index (χ2v) is 5.20. The lowest BCUT2D eigenvalue weighted by Crippen LogP contribution is -2.48. The number of anilines is 1. The Morgan fingerprint density at radius 1 is 1.35 bits per heavy atom. The van der Waals surface area contributed by atoms with Crippen LogP contribution in [0, 0.1) is 0 Å². The summed E-state index contributed by atoms with van der Waals surface area (Å²) in [7, 11) is 1.85. The van der Waals surface area contributed by atoms with E-state index in [-0.39, 0.29) is 5.91 Å². The SMILES string of the molecule is CCNC(CC)c1ccc(N2CCN(C)C(=O)C2)cn1. The fourth-order valence-electron chi connectivity index (χ4n) is 2.47. The van der Waals surface area contributed by atoms with Crippen LogP contribution in [0.15, 0.2) is 18.3 Å². The third kappa shape index (κ3) is 3.28. The molecule has 0 bridgehead atoms. The molecule has 2 rings (SSSR count). The Bertz CT molecular complexity index is 446. The van der Waals surface area contributed by atoms with Crippen LogP contribution in [0.3, 0.4) is 0 Å². The molecule has 1 aromatic heterocycles. The van der Waals surface area contributed by atoms with Crippen molar-refractivity contribution < 1.29 is 4.79 Å². The molecule has 0 radical (unpaired) electrons. The van der Waals surface area contributed by atoms with E-state index >= 15 is 0 Å². The smallest absolute Gasteiger partial charge is 0.241 e. The third-order valence-electron chi connectivity index (χ3n) is 3.81. The van der Waals surface area contributed by atoms with Gasteiger partial charge in [-0.15, -0.1) is 0 Å². The highest BCUT2D eigenvalue weighted by Gasteiger charge is 2.21. The number of aromatic nitrogens is 1. The number of carbonyl (C=O) groups excluding carboxylic acids is 1. The van der Waals surface area contributed by atoms with Crippen LogP contribution in [-0.4, -0.2) is 49.0 Å². The Kier molecular flexibility index (Phi) is 4.95. The molecule has 1 saturated heterocycles. The summed E-state index contributed by atoms with van der Waals surface area (Å²) in [6.45, 7) is 7.29. The van der Waals surface area contributed by atoms with Crippen LogP contribution in [0.2, 0.25) is 0 Å². The summed E-state index contributed by atoms with van der Waals surface area (Å²) in [4.78, 5) is 20.2. The Labute approximate surface area is 121 Å². The van der Waals surface area contributed by atoms with Gasteiger partial charge in [-0.05, 0) is 25.1 Å². The van der Waals surface area contributed by atoms with Crippen LogP contribution in [0.25, 0.3) is 0 Å². The van der Waals surface area contributed by atoms with E-state index in [0.717, 1.165) is 37.4 Å². The maximum Gasteiger partial charge on any atom is 0.241 e. The molecule has 1 atom stereocenters. The molecule has 110 valence electrons. The molecule has 1 aromatic rings. The van der Waals surface area contributed by atoms with Gasteiger partial charge in [-0.3, -0.25) is 9.78 Å². The molecule has 1 aliphatic rings. The first-order valence-electron chi connectivity index (χ1n) is 7.34. The normalized spacial score (nSPS) is 17.4. The number of amides is 1. The largest absolute Gasteiger partial charge is 0.359 e. The fourth-order valence-corrected chi connectivity index (χ4v) is 2.47. The second kappa shape index (κ2) is 6.70. The van der Waals surface area contributed by atoms with Gasteiger partial charge in [0.2, 0.25) is 5.91 Å². The highest BCUT2D eigenvalue weighted by atomic mass is 16.2. The monoisotopic (exact) mass is 276 g/mol. The van der Waals surface area contributed by atoms with E-state index in [4.69, 9.17) is 0 Å². The highest BCUT2D eigenvalue weighted by Crippen LogP contribution is 2.19. The molecule has 5 heteroatoms. The summed E-state index contributed by atoms with van der Waals surface area (Å²) in [5.41, 5.74) is 2.10. The van der Waals surface area contributed by atoms with Crippen LogP contribution in [0.4, 0.5) is 5.69 Å². The molecule has 1 unspecified atom stereocenters. The average Bonchev–Trinajstić information content (AvgIpc) is 2.48. The van der Waals surface area contributed by atoms with Crippen molar-refractivity contribution in [2.45, 2.75) is 26.3 Å². The molecule has 0 saturated carbocycles. The van der Waals surface area contributed by atoms with Gasteiger partial charge in [-0.2, -0.15) is 0 Å². The summed E-state index contributed by atoms with van der Waals surface area (Å²) in [6.07, 6.45) is 2.90. The van der Waals surface area contributed by atoms with Crippen molar-refractivity contribution in [3.05, 3.63) is 24.0 Å². The Balaban J connectivity index is 2.06. The van der Waals surface area contributed by atoms with E-state index in [2.05, 4.69) is 41.2 Å². The van der Waals surface area contributed by atoms with E-state index < -0.39 is 0 Å². The van der Waals surface area contributed by atoms with Crippen LogP contribution in [0.1, 0.15) is 32.0 Å². The molecule has 5 nitrogen and oxygen atoms in total. The summed E-state index contributed by atoms with van der Waals surface area (Å²) in [6, 6.07) is 4.44. The number of nitrogens with zero attached hydrogens (tertiary/aromatic N) is 3. The van der Waals surface area contributed by atoms with E-state index in [9.17, 15) is 4.79 Å². The second-order valence-electron chi connectivity index (χ2n) is 5.20. The number of pyridine rings is 1. The van der Waals surface area contributed by atoms with Crippen LogP contribution >= 0.6 is 0 Å². The van der Waals surface area contributed by atoms with E-state index in [1.165, 1.54) is 0 Å². The van der Waals surface area contributed by atoms with E-state index in [1.807, 2.05) is 13.2 Å². The minimum atomic E-state index is 0.166. The standard InChI is InChI=1S/C15H24N4O/c1-4-13(16-5-2)14-7-6-12(10-17-14)19-9-8-18(3)15(20)11-19/h6-7,10,13,16H,4-5,8-9,11H2,1-3H3. The summed E-state index contributed by atoms with van der Waals surface area (Å²) < 4.78 is 0. The molecule has 1 N–H and O–H groups in total. The molecule has 0 aliphatic carbocycles. The van der Waals surface area contributed by atoms with Crippen molar-refractivity contribution >= 4 is 11.6 Å².